The molecule has 0 amide bonds. The first-order valence-corrected chi connectivity index (χ1v) is 6.89. The Labute approximate surface area is 104 Å². The minimum absolute atomic E-state index is 0.563. The van der Waals surface area contributed by atoms with Crippen LogP contribution < -0.4 is 5.32 Å². The summed E-state index contributed by atoms with van der Waals surface area (Å²) in [5.74, 6) is 0.563. The molecule has 0 bridgehead atoms. The number of anilines is 1. The van der Waals surface area contributed by atoms with Gasteiger partial charge in [-0.1, -0.05) is 13.8 Å². The molecule has 5 heteroatoms. The third kappa shape index (κ3) is 2.80. The zero-order chi connectivity index (χ0) is 11.5. The van der Waals surface area contributed by atoms with E-state index < -0.39 is 0 Å². The average molecular weight is 253 g/mol. The highest BCUT2D eigenvalue weighted by molar-refractivity contribution is 7.15. The minimum atomic E-state index is 0.563. The smallest absolute Gasteiger partial charge is 0.183 e. The number of aryl methyl sites for hydroxylation is 1. The minimum Gasteiger partial charge on any atom is -0.355 e. The predicted octanol–water partition coefficient (Wildman–Crippen LogP) is 3.64. The summed E-state index contributed by atoms with van der Waals surface area (Å²) in [6.45, 7) is 7.21. The SMILES string of the molecule is Cc1cnc(NCc2ncc(C(C)C)s2)s1. The first kappa shape index (κ1) is 11.5. The van der Waals surface area contributed by atoms with Crippen molar-refractivity contribution < 1.29 is 0 Å². The molecule has 16 heavy (non-hydrogen) atoms. The van der Waals surface area contributed by atoms with Gasteiger partial charge >= 0.3 is 0 Å². The van der Waals surface area contributed by atoms with Gasteiger partial charge < -0.3 is 5.32 Å². The van der Waals surface area contributed by atoms with Gasteiger partial charge in [0.2, 0.25) is 0 Å². The molecule has 0 atom stereocenters. The quantitative estimate of drug-likeness (QED) is 0.904. The van der Waals surface area contributed by atoms with Crippen LogP contribution in [-0.2, 0) is 6.54 Å². The highest BCUT2D eigenvalue weighted by Gasteiger charge is 2.05. The van der Waals surface area contributed by atoms with Crippen molar-refractivity contribution in [3.63, 3.8) is 0 Å². The number of thiazole rings is 2. The Morgan fingerprint density at radius 1 is 1.25 bits per heavy atom. The molecule has 0 aromatic carbocycles. The van der Waals surface area contributed by atoms with Crippen LogP contribution in [0, 0.1) is 6.92 Å². The molecule has 0 aliphatic heterocycles. The van der Waals surface area contributed by atoms with Gasteiger partial charge in [-0.15, -0.1) is 22.7 Å². The third-order valence-corrected chi connectivity index (χ3v) is 4.32. The van der Waals surface area contributed by atoms with Crippen LogP contribution in [0.2, 0.25) is 0 Å². The largest absolute Gasteiger partial charge is 0.355 e. The van der Waals surface area contributed by atoms with Gasteiger partial charge in [-0.2, -0.15) is 0 Å². The van der Waals surface area contributed by atoms with Gasteiger partial charge in [0, 0.05) is 22.1 Å². The fourth-order valence-electron chi connectivity index (χ4n) is 1.26. The summed E-state index contributed by atoms with van der Waals surface area (Å²) in [6.07, 6.45) is 3.86. The second-order valence-electron chi connectivity index (χ2n) is 3.94. The number of hydrogen-bond acceptors (Lipinski definition) is 5. The first-order valence-electron chi connectivity index (χ1n) is 5.26. The van der Waals surface area contributed by atoms with Crippen LogP contribution >= 0.6 is 22.7 Å². The molecular formula is C11H15N3S2. The fourth-order valence-corrected chi connectivity index (χ4v) is 2.78. The molecule has 0 saturated heterocycles. The molecule has 3 nitrogen and oxygen atoms in total. The molecule has 2 rings (SSSR count). The summed E-state index contributed by atoms with van der Waals surface area (Å²) >= 11 is 3.44. The third-order valence-electron chi connectivity index (χ3n) is 2.15. The molecule has 0 fully saturated rings. The van der Waals surface area contributed by atoms with Gasteiger partial charge in [0.05, 0.1) is 6.54 Å². The molecule has 1 N–H and O–H groups in total. The summed E-state index contributed by atoms with van der Waals surface area (Å²) in [5.41, 5.74) is 0. The van der Waals surface area contributed by atoms with Crippen molar-refractivity contribution in [3.8, 4) is 0 Å². The molecule has 0 saturated carbocycles. The highest BCUT2D eigenvalue weighted by atomic mass is 32.1. The number of hydrogen-bond donors (Lipinski definition) is 1. The molecule has 0 unspecified atom stereocenters. The van der Waals surface area contributed by atoms with E-state index in [4.69, 9.17) is 0 Å². The molecule has 2 aromatic rings. The predicted molar refractivity (Wildman–Crippen MR) is 70.4 cm³/mol. The van der Waals surface area contributed by atoms with Crippen LogP contribution in [0.15, 0.2) is 12.4 Å². The molecule has 2 heterocycles. The summed E-state index contributed by atoms with van der Waals surface area (Å²) in [4.78, 5) is 11.2. The first-order chi connectivity index (χ1) is 7.65. The molecule has 86 valence electrons. The van der Waals surface area contributed by atoms with E-state index in [9.17, 15) is 0 Å². The average Bonchev–Trinajstić information content (AvgIpc) is 2.83. The standard InChI is InChI=1S/C11H15N3S2/c1-7(2)9-5-12-10(16-9)6-14-11-13-4-8(3)15-11/h4-5,7H,6H2,1-3H3,(H,13,14). The Morgan fingerprint density at radius 2 is 2.06 bits per heavy atom. The monoisotopic (exact) mass is 253 g/mol. The summed E-state index contributed by atoms with van der Waals surface area (Å²) in [5, 5.41) is 5.38. The van der Waals surface area contributed by atoms with Gasteiger partial charge in [0.25, 0.3) is 0 Å². The lowest BCUT2D eigenvalue weighted by Gasteiger charge is -1.98. The molecule has 2 aromatic heterocycles. The van der Waals surface area contributed by atoms with Gasteiger partial charge in [-0.25, -0.2) is 9.97 Å². The van der Waals surface area contributed by atoms with E-state index in [1.165, 1.54) is 9.75 Å². The maximum Gasteiger partial charge on any atom is 0.183 e. The van der Waals surface area contributed by atoms with Gasteiger partial charge in [0.15, 0.2) is 5.13 Å². The fraction of sp³-hybridized carbons (Fsp3) is 0.455. The van der Waals surface area contributed by atoms with Crippen molar-refractivity contribution in [1.29, 1.82) is 0 Å². The van der Waals surface area contributed by atoms with Crippen molar-refractivity contribution in [2.75, 3.05) is 5.32 Å². The van der Waals surface area contributed by atoms with Crippen molar-refractivity contribution in [2.45, 2.75) is 33.2 Å². The zero-order valence-corrected chi connectivity index (χ0v) is 11.3. The summed E-state index contributed by atoms with van der Waals surface area (Å²) in [7, 11) is 0. The number of rotatable bonds is 4. The second kappa shape index (κ2) is 4.93. The number of nitrogens with one attached hydrogen (secondary N) is 1. The number of aromatic nitrogens is 2. The topological polar surface area (TPSA) is 37.8 Å². The molecule has 0 radical (unpaired) electrons. The molecule has 0 aliphatic rings. The Bertz CT molecular complexity index is 459. The lowest BCUT2D eigenvalue weighted by atomic mass is 10.2. The second-order valence-corrected chi connectivity index (χ2v) is 6.32. The summed E-state index contributed by atoms with van der Waals surface area (Å²) in [6, 6.07) is 0. The Kier molecular flexibility index (Phi) is 3.56. The maximum atomic E-state index is 4.39. The molecule has 0 spiro atoms. The van der Waals surface area contributed by atoms with Crippen LogP contribution in [0.3, 0.4) is 0 Å². The Balaban J connectivity index is 1.94. The van der Waals surface area contributed by atoms with Crippen LogP contribution in [0.5, 0.6) is 0 Å². The van der Waals surface area contributed by atoms with E-state index >= 15 is 0 Å². The van der Waals surface area contributed by atoms with E-state index in [1.54, 1.807) is 22.7 Å². The lowest BCUT2D eigenvalue weighted by Crippen LogP contribution is -1.97. The van der Waals surface area contributed by atoms with Crippen molar-refractivity contribution in [2.24, 2.45) is 0 Å². The van der Waals surface area contributed by atoms with Crippen molar-refractivity contribution in [3.05, 3.63) is 27.2 Å². The van der Waals surface area contributed by atoms with Crippen LogP contribution in [-0.4, -0.2) is 9.97 Å². The normalized spacial score (nSPS) is 11.0. The molecular weight excluding hydrogens is 238 g/mol. The van der Waals surface area contributed by atoms with Crippen LogP contribution in [0.4, 0.5) is 5.13 Å². The Morgan fingerprint density at radius 3 is 2.62 bits per heavy atom. The molecule has 0 aliphatic carbocycles. The van der Waals surface area contributed by atoms with Gasteiger partial charge in [-0.3, -0.25) is 0 Å². The van der Waals surface area contributed by atoms with Gasteiger partial charge in [0.1, 0.15) is 5.01 Å². The van der Waals surface area contributed by atoms with Gasteiger partial charge in [-0.05, 0) is 12.8 Å². The van der Waals surface area contributed by atoms with Crippen LogP contribution in [0.25, 0.3) is 0 Å². The maximum absolute atomic E-state index is 4.39. The Hall–Kier alpha value is -0.940. The van der Waals surface area contributed by atoms with Crippen molar-refractivity contribution >= 4 is 27.8 Å². The highest BCUT2D eigenvalue weighted by Crippen LogP contribution is 2.23. The van der Waals surface area contributed by atoms with E-state index in [2.05, 4.69) is 36.1 Å². The summed E-state index contributed by atoms with van der Waals surface area (Å²) < 4.78 is 0. The number of nitrogens with zero attached hydrogens (tertiary/aromatic N) is 2. The van der Waals surface area contributed by atoms with Crippen molar-refractivity contribution in [1.82, 2.24) is 9.97 Å². The van der Waals surface area contributed by atoms with E-state index in [1.807, 2.05) is 12.4 Å². The zero-order valence-electron chi connectivity index (χ0n) is 9.65. The van der Waals surface area contributed by atoms with E-state index in [0.29, 0.717) is 5.92 Å². The van der Waals surface area contributed by atoms with E-state index in [-0.39, 0.29) is 0 Å². The lowest BCUT2D eigenvalue weighted by molar-refractivity contribution is 0.885. The van der Waals surface area contributed by atoms with Crippen LogP contribution in [0.1, 0.15) is 34.5 Å². The van der Waals surface area contributed by atoms with E-state index in [0.717, 1.165) is 16.7 Å².